The Kier molecular flexibility index (Phi) is 6.32. The second-order valence-corrected chi connectivity index (χ2v) is 8.56. The lowest BCUT2D eigenvalue weighted by atomic mass is 10.2. The van der Waals surface area contributed by atoms with Gasteiger partial charge in [0.15, 0.2) is 6.61 Å². The summed E-state index contributed by atoms with van der Waals surface area (Å²) >= 11 is 0. The monoisotopic (exact) mass is 480 g/mol. The minimum Gasteiger partial charge on any atom is -0.452 e. The van der Waals surface area contributed by atoms with Crippen LogP contribution in [0.1, 0.15) is 16.2 Å². The number of sulfonamides is 1. The molecule has 34 heavy (non-hydrogen) atoms. The lowest BCUT2D eigenvalue weighted by Gasteiger charge is -2.08. The second kappa shape index (κ2) is 9.50. The van der Waals surface area contributed by atoms with Gasteiger partial charge >= 0.3 is 5.97 Å². The van der Waals surface area contributed by atoms with Crippen LogP contribution in [0.25, 0.3) is 11.5 Å². The summed E-state index contributed by atoms with van der Waals surface area (Å²) in [6.45, 7) is -0.311. The average molecular weight is 480 g/mol. The Morgan fingerprint density at radius 3 is 2.29 bits per heavy atom. The van der Waals surface area contributed by atoms with Crippen molar-refractivity contribution in [2.24, 2.45) is 0 Å². The number of hydrogen-bond acceptors (Lipinski definition) is 9. The van der Waals surface area contributed by atoms with Gasteiger partial charge < -0.3 is 9.15 Å². The summed E-state index contributed by atoms with van der Waals surface area (Å²) in [6.07, 6.45) is 0. The van der Waals surface area contributed by atoms with Gasteiger partial charge in [0, 0.05) is 23.4 Å². The second-order valence-electron chi connectivity index (χ2n) is 6.88. The van der Waals surface area contributed by atoms with Crippen molar-refractivity contribution in [2.45, 2.75) is 11.5 Å². The van der Waals surface area contributed by atoms with Gasteiger partial charge in [0.1, 0.15) is 0 Å². The van der Waals surface area contributed by atoms with Crippen molar-refractivity contribution in [1.29, 1.82) is 0 Å². The molecule has 0 atom stereocenters. The number of ether oxygens (including phenoxy) is 1. The normalized spacial score (nSPS) is 11.1. The number of hydrogen-bond donors (Lipinski definition) is 1. The zero-order chi connectivity index (χ0) is 24.1. The van der Waals surface area contributed by atoms with Crippen LogP contribution < -0.4 is 4.72 Å². The Bertz CT molecular complexity index is 1420. The van der Waals surface area contributed by atoms with Crippen molar-refractivity contribution in [3.8, 4) is 11.5 Å². The van der Waals surface area contributed by atoms with Crippen LogP contribution in [0.3, 0.4) is 0 Å². The Balaban J connectivity index is 1.37. The van der Waals surface area contributed by atoms with Crippen LogP contribution in [0.2, 0.25) is 0 Å². The molecule has 4 rings (SSSR count). The number of nitrogens with one attached hydrogen (secondary N) is 1. The summed E-state index contributed by atoms with van der Waals surface area (Å²) in [7, 11) is -3.81. The topological polar surface area (TPSA) is 155 Å². The summed E-state index contributed by atoms with van der Waals surface area (Å²) in [6, 6.07) is 19.2. The molecule has 0 aliphatic heterocycles. The van der Waals surface area contributed by atoms with Gasteiger partial charge in [-0.15, -0.1) is 10.2 Å². The molecular weight excluding hydrogens is 464 g/mol. The molecule has 0 fully saturated rings. The summed E-state index contributed by atoms with van der Waals surface area (Å²) in [5.74, 6) is -0.579. The molecular formula is C22H16N4O7S. The Labute approximate surface area is 193 Å². The van der Waals surface area contributed by atoms with Crippen molar-refractivity contribution in [1.82, 2.24) is 10.2 Å². The van der Waals surface area contributed by atoms with Crippen molar-refractivity contribution in [3.63, 3.8) is 0 Å². The van der Waals surface area contributed by atoms with E-state index in [-0.39, 0.29) is 34.5 Å². The Morgan fingerprint density at radius 1 is 0.971 bits per heavy atom. The quantitative estimate of drug-likeness (QED) is 0.225. The van der Waals surface area contributed by atoms with Crippen molar-refractivity contribution < 1.29 is 27.3 Å². The molecule has 12 heteroatoms. The van der Waals surface area contributed by atoms with E-state index in [0.29, 0.717) is 11.3 Å². The lowest BCUT2D eigenvalue weighted by Crippen LogP contribution is -2.13. The van der Waals surface area contributed by atoms with Crippen LogP contribution in [0.15, 0.2) is 88.2 Å². The first-order valence-electron chi connectivity index (χ1n) is 9.74. The van der Waals surface area contributed by atoms with E-state index in [0.717, 1.165) is 0 Å². The summed E-state index contributed by atoms with van der Waals surface area (Å²) < 4.78 is 38.0. The van der Waals surface area contributed by atoms with Crippen LogP contribution in [0.5, 0.6) is 0 Å². The van der Waals surface area contributed by atoms with Gasteiger partial charge in [-0.1, -0.05) is 18.2 Å². The smallest absolute Gasteiger partial charge is 0.338 e. The third kappa shape index (κ3) is 5.24. The Hall–Kier alpha value is -4.58. The number of nitro benzene ring substituents is 1. The van der Waals surface area contributed by atoms with Gasteiger partial charge in [0.2, 0.25) is 5.89 Å². The van der Waals surface area contributed by atoms with E-state index >= 15 is 0 Å². The van der Waals surface area contributed by atoms with E-state index in [2.05, 4.69) is 14.9 Å². The van der Waals surface area contributed by atoms with E-state index in [9.17, 15) is 23.3 Å². The van der Waals surface area contributed by atoms with E-state index in [1.54, 1.807) is 30.3 Å². The molecule has 0 saturated heterocycles. The molecule has 1 aromatic heterocycles. The summed E-state index contributed by atoms with van der Waals surface area (Å²) in [5, 5.41) is 18.4. The highest BCUT2D eigenvalue weighted by atomic mass is 32.2. The van der Waals surface area contributed by atoms with E-state index in [4.69, 9.17) is 9.15 Å². The van der Waals surface area contributed by atoms with Crippen molar-refractivity contribution >= 4 is 27.4 Å². The van der Waals surface area contributed by atoms with E-state index in [1.807, 2.05) is 0 Å². The molecule has 0 aliphatic rings. The molecule has 11 nitrogen and oxygen atoms in total. The van der Waals surface area contributed by atoms with Crippen LogP contribution in [-0.4, -0.2) is 29.5 Å². The van der Waals surface area contributed by atoms with Crippen LogP contribution in [-0.2, 0) is 21.4 Å². The fourth-order valence-corrected chi connectivity index (χ4v) is 3.91. The minimum absolute atomic E-state index is 0.0162. The highest BCUT2D eigenvalue weighted by Crippen LogP contribution is 2.22. The molecule has 0 spiro atoms. The van der Waals surface area contributed by atoms with Gasteiger partial charge in [-0.2, -0.15) is 0 Å². The van der Waals surface area contributed by atoms with Gasteiger partial charge in [0.25, 0.3) is 21.6 Å². The number of esters is 1. The highest BCUT2D eigenvalue weighted by Gasteiger charge is 2.17. The van der Waals surface area contributed by atoms with Gasteiger partial charge in [0.05, 0.1) is 15.4 Å². The molecule has 3 aromatic carbocycles. The van der Waals surface area contributed by atoms with E-state index in [1.165, 1.54) is 48.5 Å². The maximum Gasteiger partial charge on any atom is 0.338 e. The molecule has 0 bridgehead atoms. The molecule has 0 unspecified atom stereocenters. The molecule has 4 aromatic rings. The highest BCUT2D eigenvalue weighted by molar-refractivity contribution is 7.92. The lowest BCUT2D eigenvalue weighted by molar-refractivity contribution is -0.384. The van der Waals surface area contributed by atoms with Crippen molar-refractivity contribution in [3.05, 3.63) is 100 Å². The number of nitrogens with zero attached hydrogens (tertiary/aromatic N) is 3. The number of anilines is 1. The summed E-state index contributed by atoms with van der Waals surface area (Å²) in [5.41, 5.74) is 0.941. The average Bonchev–Trinajstić information content (AvgIpc) is 3.32. The van der Waals surface area contributed by atoms with Crippen LogP contribution in [0, 0.1) is 10.1 Å². The van der Waals surface area contributed by atoms with Crippen molar-refractivity contribution in [2.75, 3.05) is 4.72 Å². The standard InChI is InChI=1S/C22H16N4O7S/c27-22(16-8-12-19(13-9-16)34(30,31)25-17-4-2-1-3-5-17)32-14-20-23-24-21(33-20)15-6-10-18(11-7-15)26(28)29/h1-13,25H,14H2. The molecule has 1 N–H and O–H groups in total. The van der Waals surface area contributed by atoms with Gasteiger partial charge in [-0.05, 0) is 48.5 Å². The number of aromatic nitrogens is 2. The third-order valence-electron chi connectivity index (χ3n) is 4.54. The van der Waals surface area contributed by atoms with Crippen LogP contribution >= 0.6 is 0 Å². The third-order valence-corrected chi connectivity index (χ3v) is 5.94. The Morgan fingerprint density at radius 2 is 1.65 bits per heavy atom. The van der Waals surface area contributed by atoms with Gasteiger partial charge in [-0.25, -0.2) is 13.2 Å². The largest absolute Gasteiger partial charge is 0.452 e. The first kappa shape index (κ1) is 22.6. The molecule has 0 amide bonds. The number of nitro groups is 1. The SMILES string of the molecule is O=C(OCc1nnc(-c2ccc([N+](=O)[O-])cc2)o1)c1ccc(S(=O)(=O)Nc2ccccc2)cc1. The molecule has 0 saturated carbocycles. The number of carbonyl (C=O) groups is 1. The minimum atomic E-state index is -3.81. The van der Waals surface area contributed by atoms with E-state index < -0.39 is 20.9 Å². The van der Waals surface area contributed by atoms with Gasteiger partial charge in [-0.3, -0.25) is 14.8 Å². The molecule has 0 aliphatic carbocycles. The zero-order valence-electron chi connectivity index (χ0n) is 17.3. The predicted molar refractivity (Wildman–Crippen MR) is 119 cm³/mol. The number of benzene rings is 3. The predicted octanol–water partition coefficient (Wildman–Crippen LogP) is 3.80. The number of carbonyl (C=O) groups excluding carboxylic acids is 1. The number of para-hydroxylation sites is 1. The maximum atomic E-state index is 12.5. The fraction of sp³-hybridized carbons (Fsp3) is 0.0455. The summed E-state index contributed by atoms with van der Waals surface area (Å²) in [4.78, 5) is 22.5. The number of rotatable bonds is 8. The molecule has 1 heterocycles. The molecule has 172 valence electrons. The molecule has 0 radical (unpaired) electrons. The maximum absolute atomic E-state index is 12.5. The number of non-ortho nitro benzene ring substituents is 1. The fourth-order valence-electron chi connectivity index (χ4n) is 2.86. The van der Waals surface area contributed by atoms with Crippen LogP contribution in [0.4, 0.5) is 11.4 Å². The first-order chi connectivity index (χ1) is 16.3. The zero-order valence-corrected chi connectivity index (χ0v) is 18.1. The first-order valence-corrected chi connectivity index (χ1v) is 11.2.